The topological polar surface area (TPSA) is 72.4 Å². The number of anilines is 1. The number of nitrogens with zero attached hydrogens (tertiary/aromatic N) is 1. The number of benzene rings is 1. The summed E-state index contributed by atoms with van der Waals surface area (Å²) in [5.41, 5.74) is 2.64. The Labute approximate surface area is 167 Å². The first-order chi connectivity index (χ1) is 13.4. The molecular weight excluding hydrogens is 385 g/mol. The van der Waals surface area contributed by atoms with Crippen LogP contribution in [0.2, 0.25) is 5.02 Å². The molecular formula is C20H19ClFN3O3. The van der Waals surface area contributed by atoms with Gasteiger partial charge in [0, 0.05) is 18.9 Å². The van der Waals surface area contributed by atoms with Gasteiger partial charge in [-0.2, -0.15) is 0 Å². The van der Waals surface area contributed by atoms with Gasteiger partial charge < -0.3 is 19.9 Å². The number of ether oxygens (including phenoxy) is 1. The maximum absolute atomic E-state index is 13.3. The molecule has 0 spiro atoms. The molecule has 1 atom stereocenters. The molecule has 0 bridgehead atoms. The minimum atomic E-state index is -0.551. The maximum atomic E-state index is 13.3. The molecule has 0 saturated heterocycles. The number of rotatable bonds is 4. The molecule has 1 heterocycles. The number of fused-ring (bicyclic) bond motifs is 1. The fourth-order valence-electron chi connectivity index (χ4n) is 3.28. The lowest BCUT2D eigenvalue weighted by Crippen LogP contribution is -2.27. The Bertz CT molecular complexity index is 991. The van der Waals surface area contributed by atoms with Crippen LogP contribution < -0.4 is 10.6 Å². The number of hydrogen-bond acceptors (Lipinski definition) is 3. The molecule has 1 aromatic heterocycles. The summed E-state index contributed by atoms with van der Waals surface area (Å²) in [6, 6.07) is 3.77. The van der Waals surface area contributed by atoms with E-state index in [0.29, 0.717) is 24.2 Å². The average Bonchev–Trinajstić information content (AvgIpc) is 3.16. The quantitative estimate of drug-likeness (QED) is 0.762. The highest BCUT2D eigenvalue weighted by molar-refractivity contribution is 6.31. The molecule has 6 nitrogen and oxygen atoms in total. The van der Waals surface area contributed by atoms with Crippen LogP contribution in [-0.4, -0.2) is 23.2 Å². The van der Waals surface area contributed by atoms with Gasteiger partial charge in [-0.25, -0.2) is 9.18 Å². The van der Waals surface area contributed by atoms with Crippen LogP contribution in [0.15, 0.2) is 24.4 Å². The zero-order chi connectivity index (χ0) is 20.3. The first kappa shape index (κ1) is 19.8. The van der Waals surface area contributed by atoms with E-state index in [1.807, 2.05) is 6.20 Å². The molecule has 1 aliphatic rings. The van der Waals surface area contributed by atoms with Crippen LogP contribution in [0.5, 0.6) is 0 Å². The molecule has 1 aromatic carbocycles. The van der Waals surface area contributed by atoms with Crippen molar-refractivity contribution in [3.8, 4) is 11.8 Å². The average molecular weight is 404 g/mol. The number of alkyl carbamates (subject to hydrolysis) is 1. The highest BCUT2D eigenvalue weighted by Gasteiger charge is 2.31. The van der Waals surface area contributed by atoms with Gasteiger partial charge in [0.15, 0.2) is 6.61 Å². The molecule has 28 heavy (non-hydrogen) atoms. The van der Waals surface area contributed by atoms with Crippen molar-refractivity contribution in [3.05, 3.63) is 52.1 Å². The third kappa shape index (κ3) is 4.12. The Morgan fingerprint density at radius 3 is 2.93 bits per heavy atom. The second-order valence-corrected chi connectivity index (χ2v) is 6.75. The molecule has 2 N–H and O–H groups in total. The van der Waals surface area contributed by atoms with Crippen LogP contribution >= 0.6 is 11.6 Å². The summed E-state index contributed by atoms with van der Waals surface area (Å²) in [6.45, 7) is 1.70. The third-order valence-corrected chi connectivity index (χ3v) is 4.80. The van der Waals surface area contributed by atoms with E-state index < -0.39 is 11.9 Å². The van der Waals surface area contributed by atoms with Crippen molar-refractivity contribution in [3.63, 3.8) is 0 Å². The molecule has 0 fully saturated rings. The van der Waals surface area contributed by atoms with Gasteiger partial charge in [-0.15, -0.1) is 5.92 Å². The lowest BCUT2D eigenvalue weighted by atomic mass is 10.1. The highest BCUT2D eigenvalue weighted by Crippen LogP contribution is 2.35. The van der Waals surface area contributed by atoms with Gasteiger partial charge in [0.2, 0.25) is 0 Å². The van der Waals surface area contributed by atoms with Gasteiger partial charge >= 0.3 is 6.09 Å². The van der Waals surface area contributed by atoms with E-state index in [2.05, 4.69) is 22.5 Å². The normalized spacial score (nSPS) is 14.6. The van der Waals surface area contributed by atoms with Gasteiger partial charge in [-0.1, -0.05) is 17.5 Å². The van der Waals surface area contributed by atoms with E-state index in [0.717, 1.165) is 11.1 Å². The lowest BCUT2D eigenvalue weighted by molar-refractivity contribution is 0.101. The van der Waals surface area contributed by atoms with Crippen molar-refractivity contribution in [2.24, 2.45) is 7.05 Å². The lowest BCUT2D eigenvalue weighted by Gasteiger charge is -2.12. The van der Waals surface area contributed by atoms with Crippen LogP contribution in [0, 0.1) is 17.7 Å². The molecule has 1 aliphatic carbocycles. The zero-order valence-electron chi connectivity index (χ0n) is 15.4. The molecule has 2 amide bonds. The van der Waals surface area contributed by atoms with Gasteiger partial charge in [-0.05, 0) is 49.1 Å². The Morgan fingerprint density at radius 1 is 1.43 bits per heavy atom. The first-order valence-electron chi connectivity index (χ1n) is 8.68. The van der Waals surface area contributed by atoms with Crippen molar-refractivity contribution in [1.82, 2.24) is 9.88 Å². The van der Waals surface area contributed by atoms with Crippen molar-refractivity contribution >= 4 is 29.3 Å². The molecule has 146 valence electrons. The predicted octanol–water partition coefficient (Wildman–Crippen LogP) is 3.81. The van der Waals surface area contributed by atoms with Crippen LogP contribution in [0.1, 0.15) is 41.0 Å². The number of aryl methyl sites for hydroxylation is 1. The summed E-state index contributed by atoms with van der Waals surface area (Å²) in [5.74, 6) is 4.43. The molecule has 0 saturated carbocycles. The van der Waals surface area contributed by atoms with Crippen LogP contribution in [-0.2, 0) is 18.2 Å². The smallest absolute Gasteiger partial charge is 0.408 e. The van der Waals surface area contributed by atoms with E-state index in [-0.39, 0.29) is 23.6 Å². The summed E-state index contributed by atoms with van der Waals surface area (Å²) in [7, 11) is 1.76. The van der Waals surface area contributed by atoms with Crippen molar-refractivity contribution in [2.45, 2.75) is 25.8 Å². The summed E-state index contributed by atoms with van der Waals surface area (Å²) in [6.07, 6.45) is 2.59. The molecule has 0 aliphatic heterocycles. The van der Waals surface area contributed by atoms with E-state index in [4.69, 9.17) is 16.3 Å². The Hall–Kier alpha value is -2.98. The van der Waals surface area contributed by atoms with E-state index in [9.17, 15) is 14.0 Å². The van der Waals surface area contributed by atoms with Gasteiger partial charge in [0.1, 0.15) is 11.5 Å². The van der Waals surface area contributed by atoms with E-state index in [1.165, 1.54) is 18.2 Å². The third-order valence-electron chi connectivity index (χ3n) is 4.52. The number of carbonyl (C=O) groups excluding carboxylic acids is 2. The summed E-state index contributed by atoms with van der Waals surface area (Å²) in [4.78, 5) is 24.6. The number of amides is 2. The number of nitrogens with one attached hydrogen (secondary N) is 2. The Kier molecular flexibility index (Phi) is 5.90. The predicted molar refractivity (Wildman–Crippen MR) is 104 cm³/mol. The standard InChI is InChI=1S/C20H19ClFN3O3/c1-3-4-9-28-20(27)24-17-8-6-13-14(17)11-25(2)18(13)19(26)23-12-5-7-16(22)15(21)10-12/h5,7,10-11,17H,6,8-9H2,1-2H3,(H,23,26)(H,24,27). The molecule has 1 unspecified atom stereocenters. The minimum absolute atomic E-state index is 0.0323. The fraction of sp³-hybridized carbons (Fsp3) is 0.300. The van der Waals surface area contributed by atoms with Crippen molar-refractivity contribution in [2.75, 3.05) is 11.9 Å². The number of hydrogen-bond donors (Lipinski definition) is 2. The summed E-state index contributed by atoms with van der Waals surface area (Å²) >= 11 is 5.77. The van der Waals surface area contributed by atoms with Gasteiger partial charge in [-0.3, -0.25) is 4.79 Å². The zero-order valence-corrected chi connectivity index (χ0v) is 16.2. The molecule has 0 radical (unpaired) electrons. The summed E-state index contributed by atoms with van der Waals surface area (Å²) in [5, 5.41) is 5.47. The van der Waals surface area contributed by atoms with Gasteiger partial charge in [0.25, 0.3) is 5.91 Å². The monoisotopic (exact) mass is 403 g/mol. The SMILES string of the molecule is CC#CCOC(=O)NC1CCc2c1cn(C)c2C(=O)Nc1ccc(F)c(Cl)c1. The first-order valence-corrected chi connectivity index (χ1v) is 9.06. The Morgan fingerprint density at radius 2 is 2.21 bits per heavy atom. The van der Waals surface area contributed by atoms with E-state index in [1.54, 1.807) is 18.5 Å². The maximum Gasteiger partial charge on any atom is 0.408 e. The number of aromatic nitrogens is 1. The van der Waals surface area contributed by atoms with Crippen LogP contribution in [0.25, 0.3) is 0 Å². The van der Waals surface area contributed by atoms with Gasteiger partial charge in [0.05, 0.1) is 11.1 Å². The second-order valence-electron chi connectivity index (χ2n) is 6.34. The number of halogens is 2. The van der Waals surface area contributed by atoms with Crippen LogP contribution in [0.4, 0.5) is 14.9 Å². The van der Waals surface area contributed by atoms with E-state index >= 15 is 0 Å². The molecule has 2 aromatic rings. The molecule has 3 rings (SSSR count). The molecule has 8 heteroatoms. The summed E-state index contributed by atoms with van der Waals surface area (Å²) < 4.78 is 20.0. The van der Waals surface area contributed by atoms with Crippen molar-refractivity contribution in [1.29, 1.82) is 0 Å². The van der Waals surface area contributed by atoms with Crippen molar-refractivity contribution < 1.29 is 18.7 Å². The second kappa shape index (κ2) is 8.36. The van der Waals surface area contributed by atoms with Crippen LogP contribution in [0.3, 0.4) is 0 Å². The number of carbonyl (C=O) groups is 2. The largest absolute Gasteiger partial charge is 0.436 e. The fourth-order valence-corrected chi connectivity index (χ4v) is 3.46. The Balaban J connectivity index is 1.74. The highest BCUT2D eigenvalue weighted by atomic mass is 35.5. The minimum Gasteiger partial charge on any atom is -0.436 e.